The third-order valence-electron chi connectivity index (χ3n) is 2.83. The van der Waals surface area contributed by atoms with Crippen molar-refractivity contribution in [2.75, 3.05) is 6.54 Å². The molecule has 0 radical (unpaired) electrons. The molecule has 0 aromatic heterocycles. The maximum atomic E-state index is 3.59. The van der Waals surface area contributed by atoms with Crippen molar-refractivity contribution in [2.24, 2.45) is 11.8 Å². The van der Waals surface area contributed by atoms with Crippen LogP contribution in [0.15, 0.2) is 0 Å². The van der Waals surface area contributed by atoms with Crippen LogP contribution in [0, 0.1) is 11.8 Å². The van der Waals surface area contributed by atoms with E-state index in [0.717, 1.165) is 17.9 Å². The van der Waals surface area contributed by atoms with Crippen molar-refractivity contribution in [2.45, 2.75) is 52.5 Å². The van der Waals surface area contributed by atoms with E-state index >= 15 is 0 Å². The maximum absolute atomic E-state index is 3.59. The summed E-state index contributed by atoms with van der Waals surface area (Å²) >= 11 is 0. The van der Waals surface area contributed by atoms with Crippen LogP contribution < -0.4 is 5.32 Å². The van der Waals surface area contributed by atoms with Crippen molar-refractivity contribution in [3.63, 3.8) is 0 Å². The lowest BCUT2D eigenvalue weighted by atomic mass is 9.95. The van der Waals surface area contributed by atoms with Gasteiger partial charge in [0.1, 0.15) is 0 Å². The molecule has 1 aliphatic rings. The topological polar surface area (TPSA) is 12.0 Å². The molecule has 1 rings (SSSR count). The van der Waals surface area contributed by atoms with E-state index in [1.54, 1.807) is 0 Å². The number of rotatable bonds is 6. The highest BCUT2D eigenvalue weighted by atomic mass is 14.9. The zero-order chi connectivity index (χ0) is 8.97. The zero-order valence-corrected chi connectivity index (χ0v) is 8.77. The number of nitrogens with one attached hydrogen (secondary N) is 1. The summed E-state index contributed by atoms with van der Waals surface area (Å²) in [5.41, 5.74) is 0. The Hall–Kier alpha value is -0.0400. The highest BCUT2D eigenvalue weighted by Crippen LogP contribution is 2.20. The molecule has 0 aliphatic heterocycles. The Labute approximate surface area is 76.9 Å². The van der Waals surface area contributed by atoms with Gasteiger partial charge in [-0.25, -0.2) is 0 Å². The number of hydrogen-bond donors (Lipinski definition) is 1. The lowest BCUT2D eigenvalue weighted by molar-refractivity contribution is 0.387. The van der Waals surface area contributed by atoms with Gasteiger partial charge in [-0.05, 0) is 37.6 Å². The van der Waals surface area contributed by atoms with Crippen molar-refractivity contribution >= 4 is 0 Å². The molecule has 1 fully saturated rings. The maximum Gasteiger partial charge on any atom is 0.00683 e. The van der Waals surface area contributed by atoms with Crippen LogP contribution >= 0.6 is 0 Å². The molecule has 0 aromatic carbocycles. The minimum absolute atomic E-state index is 0.862. The van der Waals surface area contributed by atoms with Gasteiger partial charge in [0.2, 0.25) is 0 Å². The molecular formula is C11H23N. The Kier molecular flexibility index (Phi) is 4.07. The third-order valence-corrected chi connectivity index (χ3v) is 2.83. The van der Waals surface area contributed by atoms with E-state index in [-0.39, 0.29) is 0 Å². The summed E-state index contributed by atoms with van der Waals surface area (Å²) in [6.07, 6.45) is 5.54. The molecule has 72 valence electrons. The molecular weight excluding hydrogens is 146 g/mol. The minimum Gasteiger partial charge on any atom is -0.314 e. The Morgan fingerprint density at radius 1 is 1.25 bits per heavy atom. The Morgan fingerprint density at radius 3 is 2.42 bits per heavy atom. The highest BCUT2D eigenvalue weighted by molar-refractivity contribution is 4.81. The molecule has 0 spiro atoms. The van der Waals surface area contributed by atoms with Crippen molar-refractivity contribution in [1.29, 1.82) is 0 Å². The van der Waals surface area contributed by atoms with Crippen LogP contribution in [0.1, 0.15) is 46.5 Å². The second-order valence-corrected chi connectivity index (χ2v) is 4.54. The molecule has 0 saturated heterocycles. The number of hydrogen-bond acceptors (Lipinski definition) is 1. The molecule has 12 heavy (non-hydrogen) atoms. The largest absolute Gasteiger partial charge is 0.314 e. The molecule has 0 amide bonds. The first kappa shape index (κ1) is 10.0. The van der Waals surface area contributed by atoms with Crippen LogP contribution in [0.25, 0.3) is 0 Å². The standard InChI is InChI=1S/C11H23N/c1-4-9(2)7-10(3)8-12-11-5-6-11/h9-12H,4-8H2,1-3H3/t9-,10?/m0/s1. The molecule has 1 aliphatic carbocycles. The Morgan fingerprint density at radius 2 is 1.92 bits per heavy atom. The van der Waals surface area contributed by atoms with Gasteiger partial charge in [0.15, 0.2) is 0 Å². The summed E-state index contributed by atoms with van der Waals surface area (Å²) in [7, 11) is 0. The summed E-state index contributed by atoms with van der Waals surface area (Å²) in [4.78, 5) is 0. The summed E-state index contributed by atoms with van der Waals surface area (Å²) in [6.45, 7) is 8.23. The van der Waals surface area contributed by atoms with E-state index in [4.69, 9.17) is 0 Å². The smallest absolute Gasteiger partial charge is 0.00683 e. The second-order valence-electron chi connectivity index (χ2n) is 4.54. The van der Waals surface area contributed by atoms with Crippen LogP contribution in [0.5, 0.6) is 0 Å². The fourth-order valence-corrected chi connectivity index (χ4v) is 1.59. The first-order valence-corrected chi connectivity index (χ1v) is 5.45. The van der Waals surface area contributed by atoms with Crippen LogP contribution in [0.2, 0.25) is 0 Å². The van der Waals surface area contributed by atoms with E-state index < -0.39 is 0 Å². The normalized spacial score (nSPS) is 22.2. The molecule has 0 heterocycles. The fraction of sp³-hybridized carbons (Fsp3) is 1.00. The van der Waals surface area contributed by atoms with Crippen molar-refractivity contribution in [3.8, 4) is 0 Å². The van der Waals surface area contributed by atoms with Gasteiger partial charge in [-0.2, -0.15) is 0 Å². The SMILES string of the molecule is CC[C@H](C)CC(C)CNC1CC1. The predicted octanol–water partition coefficient (Wildman–Crippen LogP) is 2.81. The monoisotopic (exact) mass is 169 g/mol. The molecule has 2 atom stereocenters. The summed E-state index contributed by atoms with van der Waals surface area (Å²) in [6, 6.07) is 0.879. The van der Waals surface area contributed by atoms with Crippen LogP contribution in [-0.2, 0) is 0 Å². The third kappa shape index (κ3) is 4.10. The molecule has 1 unspecified atom stereocenters. The Bertz CT molecular complexity index is 118. The van der Waals surface area contributed by atoms with E-state index in [0.29, 0.717) is 0 Å². The lowest BCUT2D eigenvalue weighted by Crippen LogP contribution is -2.24. The van der Waals surface area contributed by atoms with E-state index in [1.165, 1.54) is 32.2 Å². The van der Waals surface area contributed by atoms with Gasteiger partial charge in [0, 0.05) is 6.04 Å². The minimum atomic E-state index is 0.862. The van der Waals surface area contributed by atoms with Gasteiger partial charge in [0.25, 0.3) is 0 Å². The van der Waals surface area contributed by atoms with Gasteiger partial charge >= 0.3 is 0 Å². The van der Waals surface area contributed by atoms with Gasteiger partial charge in [-0.15, -0.1) is 0 Å². The van der Waals surface area contributed by atoms with Crippen molar-refractivity contribution in [3.05, 3.63) is 0 Å². The predicted molar refractivity (Wildman–Crippen MR) is 54.3 cm³/mol. The van der Waals surface area contributed by atoms with E-state index in [9.17, 15) is 0 Å². The van der Waals surface area contributed by atoms with Crippen LogP contribution in [0.3, 0.4) is 0 Å². The average Bonchev–Trinajstić information content (AvgIpc) is 2.83. The zero-order valence-electron chi connectivity index (χ0n) is 8.77. The van der Waals surface area contributed by atoms with Gasteiger partial charge in [-0.3, -0.25) is 0 Å². The summed E-state index contributed by atoms with van der Waals surface area (Å²) in [5, 5.41) is 3.59. The van der Waals surface area contributed by atoms with Crippen LogP contribution in [0.4, 0.5) is 0 Å². The van der Waals surface area contributed by atoms with E-state index in [2.05, 4.69) is 26.1 Å². The first-order valence-electron chi connectivity index (χ1n) is 5.45. The van der Waals surface area contributed by atoms with Crippen molar-refractivity contribution < 1.29 is 0 Å². The highest BCUT2D eigenvalue weighted by Gasteiger charge is 2.20. The quantitative estimate of drug-likeness (QED) is 0.644. The average molecular weight is 169 g/mol. The van der Waals surface area contributed by atoms with Crippen molar-refractivity contribution in [1.82, 2.24) is 5.32 Å². The van der Waals surface area contributed by atoms with E-state index in [1.807, 2.05) is 0 Å². The van der Waals surface area contributed by atoms with Gasteiger partial charge in [0.05, 0.1) is 0 Å². The van der Waals surface area contributed by atoms with Gasteiger partial charge in [-0.1, -0.05) is 27.2 Å². The molecule has 0 bridgehead atoms. The molecule has 1 nitrogen and oxygen atoms in total. The lowest BCUT2D eigenvalue weighted by Gasteiger charge is -2.16. The molecule has 0 aromatic rings. The molecule has 1 heteroatoms. The summed E-state index contributed by atoms with van der Waals surface area (Å²) in [5.74, 6) is 1.77. The fourth-order valence-electron chi connectivity index (χ4n) is 1.59. The first-order chi connectivity index (χ1) is 5.72. The van der Waals surface area contributed by atoms with Gasteiger partial charge < -0.3 is 5.32 Å². The molecule has 1 saturated carbocycles. The second kappa shape index (κ2) is 4.86. The molecule has 1 N–H and O–H groups in total. The van der Waals surface area contributed by atoms with Crippen LogP contribution in [-0.4, -0.2) is 12.6 Å². The summed E-state index contributed by atoms with van der Waals surface area (Å²) < 4.78 is 0. The Balaban J connectivity index is 1.97.